The molecule has 0 aliphatic carbocycles. The molecule has 154 valence electrons. The van der Waals surface area contributed by atoms with Gasteiger partial charge in [0.2, 0.25) is 11.8 Å². The van der Waals surface area contributed by atoms with Gasteiger partial charge in [-0.25, -0.2) is 0 Å². The van der Waals surface area contributed by atoms with Crippen molar-refractivity contribution in [2.75, 3.05) is 6.54 Å². The van der Waals surface area contributed by atoms with Gasteiger partial charge in [0.05, 0.1) is 6.04 Å². The van der Waals surface area contributed by atoms with Crippen molar-refractivity contribution in [3.05, 3.63) is 93.2 Å². The van der Waals surface area contributed by atoms with E-state index in [1.807, 2.05) is 54.3 Å². The van der Waals surface area contributed by atoms with Gasteiger partial charge >= 0.3 is 0 Å². The molecule has 0 spiro atoms. The first kappa shape index (κ1) is 20.4. The molecule has 2 aromatic carbocycles. The Bertz CT molecular complexity index is 1010. The molecule has 0 fully saturated rings. The topological polar surface area (TPSA) is 49.4 Å². The van der Waals surface area contributed by atoms with Gasteiger partial charge in [-0.05, 0) is 41.5 Å². The average molecular weight is 419 g/mol. The summed E-state index contributed by atoms with van der Waals surface area (Å²) in [4.78, 5) is 28.7. The second-order valence-electron chi connectivity index (χ2n) is 7.71. The summed E-state index contributed by atoms with van der Waals surface area (Å²) in [6.45, 7) is 3.22. The number of hydrogen-bond acceptors (Lipinski definition) is 3. The first-order valence-electron chi connectivity index (χ1n) is 10.3. The highest BCUT2D eigenvalue weighted by molar-refractivity contribution is 7.10. The SMILES string of the molecule is Cc1ccc(CNC(=O)CCC(=O)N2CCc3sccc3C2c2ccccc2)cc1. The van der Waals surface area contributed by atoms with Crippen LogP contribution in [0.2, 0.25) is 0 Å². The van der Waals surface area contributed by atoms with Crippen LogP contribution in [0.25, 0.3) is 0 Å². The zero-order valence-corrected chi connectivity index (χ0v) is 18.0. The molecule has 0 saturated carbocycles. The smallest absolute Gasteiger partial charge is 0.223 e. The van der Waals surface area contributed by atoms with Crippen LogP contribution < -0.4 is 5.32 Å². The van der Waals surface area contributed by atoms with Crippen LogP contribution in [0, 0.1) is 6.92 Å². The van der Waals surface area contributed by atoms with Crippen molar-refractivity contribution >= 4 is 23.2 Å². The average Bonchev–Trinajstić information content (AvgIpc) is 3.26. The van der Waals surface area contributed by atoms with Gasteiger partial charge in [-0.1, -0.05) is 60.2 Å². The first-order valence-corrected chi connectivity index (χ1v) is 11.2. The van der Waals surface area contributed by atoms with Crippen molar-refractivity contribution in [1.29, 1.82) is 0 Å². The second kappa shape index (κ2) is 9.26. The Kier molecular flexibility index (Phi) is 6.29. The van der Waals surface area contributed by atoms with Gasteiger partial charge in [0, 0.05) is 30.8 Å². The van der Waals surface area contributed by atoms with Crippen molar-refractivity contribution in [3.63, 3.8) is 0 Å². The number of nitrogens with one attached hydrogen (secondary N) is 1. The maximum atomic E-state index is 13.1. The van der Waals surface area contributed by atoms with E-state index in [0.717, 1.165) is 17.5 Å². The Morgan fingerprint density at radius 2 is 1.80 bits per heavy atom. The van der Waals surface area contributed by atoms with E-state index in [-0.39, 0.29) is 30.7 Å². The Labute approximate surface area is 181 Å². The summed E-state index contributed by atoms with van der Waals surface area (Å²) < 4.78 is 0. The fourth-order valence-electron chi connectivity index (χ4n) is 3.94. The Balaban J connectivity index is 1.38. The van der Waals surface area contributed by atoms with Crippen molar-refractivity contribution in [2.45, 2.75) is 38.8 Å². The molecule has 30 heavy (non-hydrogen) atoms. The van der Waals surface area contributed by atoms with Crippen molar-refractivity contribution in [3.8, 4) is 0 Å². The summed E-state index contributed by atoms with van der Waals surface area (Å²) in [6, 6.07) is 20.3. The maximum Gasteiger partial charge on any atom is 0.223 e. The monoisotopic (exact) mass is 418 g/mol. The highest BCUT2D eigenvalue weighted by Gasteiger charge is 2.32. The molecular formula is C25H26N2O2S. The van der Waals surface area contributed by atoms with E-state index in [9.17, 15) is 9.59 Å². The van der Waals surface area contributed by atoms with E-state index in [0.29, 0.717) is 13.1 Å². The van der Waals surface area contributed by atoms with Crippen molar-refractivity contribution in [2.24, 2.45) is 0 Å². The molecule has 1 atom stereocenters. The predicted octanol–water partition coefficient (Wildman–Crippen LogP) is 4.63. The maximum absolute atomic E-state index is 13.1. The van der Waals surface area contributed by atoms with Crippen LogP contribution in [0.4, 0.5) is 0 Å². The number of carbonyl (C=O) groups is 2. The van der Waals surface area contributed by atoms with Crippen LogP contribution in [0.15, 0.2) is 66.0 Å². The number of benzene rings is 2. The predicted molar refractivity (Wildman–Crippen MR) is 120 cm³/mol. The third-order valence-corrected chi connectivity index (χ3v) is 6.57. The molecule has 1 aromatic heterocycles. The number of thiophene rings is 1. The van der Waals surface area contributed by atoms with Crippen molar-refractivity contribution in [1.82, 2.24) is 10.2 Å². The summed E-state index contributed by atoms with van der Waals surface area (Å²) in [5.74, 6) is -0.0559. The first-order chi connectivity index (χ1) is 14.6. The molecule has 1 aliphatic heterocycles. The van der Waals surface area contributed by atoms with Crippen LogP contribution in [0.1, 0.15) is 46.0 Å². The Hall–Kier alpha value is -2.92. The van der Waals surface area contributed by atoms with E-state index < -0.39 is 0 Å². The summed E-state index contributed by atoms with van der Waals surface area (Å²) in [5.41, 5.74) is 4.59. The molecule has 4 nitrogen and oxygen atoms in total. The lowest BCUT2D eigenvalue weighted by Crippen LogP contribution is -2.40. The number of nitrogens with zero attached hydrogens (tertiary/aromatic N) is 1. The fraction of sp³-hybridized carbons (Fsp3) is 0.280. The van der Waals surface area contributed by atoms with Crippen LogP contribution in [0.5, 0.6) is 0 Å². The van der Waals surface area contributed by atoms with Crippen LogP contribution in [-0.2, 0) is 22.6 Å². The van der Waals surface area contributed by atoms with Crippen LogP contribution in [-0.4, -0.2) is 23.3 Å². The lowest BCUT2D eigenvalue weighted by atomic mass is 9.93. The van der Waals surface area contributed by atoms with Gasteiger partial charge in [0.15, 0.2) is 0 Å². The van der Waals surface area contributed by atoms with Crippen LogP contribution >= 0.6 is 11.3 Å². The minimum Gasteiger partial charge on any atom is -0.352 e. The van der Waals surface area contributed by atoms with Gasteiger partial charge in [-0.3, -0.25) is 9.59 Å². The molecule has 0 saturated heterocycles. The number of hydrogen-bond donors (Lipinski definition) is 1. The molecule has 0 bridgehead atoms. The quantitative estimate of drug-likeness (QED) is 0.635. The molecule has 1 aliphatic rings. The summed E-state index contributed by atoms with van der Waals surface area (Å²) in [7, 11) is 0. The number of carbonyl (C=O) groups excluding carboxylic acids is 2. The number of aryl methyl sites for hydroxylation is 1. The van der Waals surface area contributed by atoms with Gasteiger partial charge < -0.3 is 10.2 Å². The number of fused-ring (bicyclic) bond motifs is 1. The summed E-state index contributed by atoms with van der Waals surface area (Å²) in [6.07, 6.45) is 1.31. The van der Waals surface area contributed by atoms with Gasteiger partial charge in [0.1, 0.15) is 0 Å². The van der Waals surface area contributed by atoms with Gasteiger partial charge in [-0.2, -0.15) is 0 Å². The summed E-state index contributed by atoms with van der Waals surface area (Å²) in [5, 5.41) is 5.03. The second-order valence-corrected chi connectivity index (χ2v) is 8.71. The molecular weight excluding hydrogens is 392 g/mol. The minimum atomic E-state index is -0.0894. The van der Waals surface area contributed by atoms with E-state index in [1.54, 1.807) is 11.3 Å². The zero-order chi connectivity index (χ0) is 20.9. The highest BCUT2D eigenvalue weighted by Crippen LogP contribution is 2.38. The molecule has 0 radical (unpaired) electrons. The van der Waals surface area contributed by atoms with Gasteiger partial charge in [0.25, 0.3) is 0 Å². The summed E-state index contributed by atoms with van der Waals surface area (Å²) >= 11 is 1.76. The van der Waals surface area contributed by atoms with Crippen LogP contribution in [0.3, 0.4) is 0 Å². The largest absolute Gasteiger partial charge is 0.352 e. The standard InChI is InChI=1S/C25H26N2O2S/c1-18-7-9-19(10-8-18)17-26-23(28)11-12-24(29)27-15-13-22-21(14-16-30-22)25(27)20-5-3-2-4-6-20/h2-10,14,16,25H,11-13,15,17H2,1H3,(H,26,28). The van der Waals surface area contributed by atoms with E-state index >= 15 is 0 Å². The lowest BCUT2D eigenvalue weighted by Gasteiger charge is -2.36. The molecule has 4 rings (SSSR count). The molecule has 1 N–H and O–H groups in total. The van der Waals surface area contributed by atoms with E-state index in [2.05, 4.69) is 28.9 Å². The third kappa shape index (κ3) is 4.62. The molecule has 2 amide bonds. The highest BCUT2D eigenvalue weighted by atomic mass is 32.1. The fourth-order valence-corrected chi connectivity index (χ4v) is 4.84. The number of rotatable bonds is 6. The van der Waals surface area contributed by atoms with Gasteiger partial charge in [-0.15, -0.1) is 11.3 Å². The lowest BCUT2D eigenvalue weighted by molar-refractivity contribution is -0.135. The Morgan fingerprint density at radius 3 is 2.57 bits per heavy atom. The minimum absolute atomic E-state index is 0.0335. The molecule has 5 heteroatoms. The Morgan fingerprint density at radius 1 is 1.03 bits per heavy atom. The third-order valence-electron chi connectivity index (χ3n) is 5.58. The normalized spacial score (nSPS) is 15.5. The van der Waals surface area contributed by atoms with E-state index in [4.69, 9.17) is 0 Å². The number of amides is 2. The van der Waals surface area contributed by atoms with E-state index in [1.165, 1.54) is 16.0 Å². The zero-order valence-electron chi connectivity index (χ0n) is 17.1. The molecule has 2 heterocycles. The molecule has 3 aromatic rings. The molecule has 1 unspecified atom stereocenters. The van der Waals surface area contributed by atoms with Crippen molar-refractivity contribution < 1.29 is 9.59 Å².